The maximum absolute atomic E-state index is 4.48. The Morgan fingerprint density at radius 2 is 1.72 bits per heavy atom. The molecule has 0 aliphatic heterocycles. The number of benzene rings is 1. The topological polar surface area (TPSA) is 68.0 Å². The molecular weight excluding hydrogens is 312 g/mol. The lowest BCUT2D eigenvalue weighted by atomic mass is 10.1. The van der Waals surface area contributed by atoms with E-state index in [9.17, 15) is 0 Å². The van der Waals surface area contributed by atoms with E-state index < -0.39 is 0 Å². The summed E-state index contributed by atoms with van der Waals surface area (Å²) in [7, 11) is 0. The number of nitrogens with one attached hydrogen (secondary N) is 1. The van der Waals surface area contributed by atoms with Crippen LogP contribution in [0.5, 0.6) is 0 Å². The van der Waals surface area contributed by atoms with Crippen LogP contribution in [0.15, 0.2) is 41.5 Å². The first-order valence-corrected chi connectivity index (χ1v) is 8.19. The van der Waals surface area contributed by atoms with Gasteiger partial charge in [0.05, 0.1) is 11.4 Å². The minimum atomic E-state index is 0.640. The van der Waals surface area contributed by atoms with Crippen LogP contribution in [0.25, 0.3) is 5.82 Å². The largest absolute Gasteiger partial charge is 0.261 e. The number of rotatable bonds is 4. The fourth-order valence-electron chi connectivity index (χ4n) is 2.58. The van der Waals surface area contributed by atoms with Crippen LogP contribution in [-0.4, -0.2) is 25.5 Å². The number of aromatic nitrogens is 4. The quantitative estimate of drug-likeness (QED) is 0.583. The van der Waals surface area contributed by atoms with Crippen molar-refractivity contribution in [2.75, 3.05) is 5.43 Å². The summed E-state index contributed by atoms with van der Waals surface area (Å²) in [6, 6.07) is 12.1. The van der Waals surface area contributed by atoms with E-state index in [0.717, 1.165) is 28.5 Å². The highest BCUT2D eigenvalue weighted by Gasteiger charge is 2.08. The van der Waals surface area contributed by atoms with Gasteiger partial charge < -0.3 is 0 Å². The smallest absolute Gasteiger partial charge is 0.159 e. The second-order valence-electron chi connectivity index (χ2n) is 6.17. The van der Waals surface area contributed by atoms with Gasteiger partial charge in [-0.15, -0.1) is 0 Å². The maximum atomic E-state index is 4.48. The molecule has 0 radical (unpaired) electrons. The third kappa shape index (κ3) is 3.91. The van der Waals surface area contributed by atoms with Crippen LogP contribution in [0, 0.1) is 27.7 Å². The van der Waals surface area contributed by atoms with Gasteiger partial charge in [-0.25, -0.2) is 14.6 Å². The predicted molar refractivity (Wildman–Crippen MR) is 100 cm³/mol. The van der Waals surface area contributed by atoms with Gasteiger partial charge in [0.15, 0.2) is 11.6 Å². The minimum Gasteiger partial charge on any atom is -0.261 e. The molecule has 0 bridgehead atoms. The van der Waals surface area contributed by atoms with Crippen molar-refractivity contribution < 1.29 is 0 Å². The lowest BCUT2D eigenvalue weighted by Gasteiger charge is -2.08. The Labute approximate surface area is 147 Å². The van der Waals surface area contributed by atoms with Gasteiger partial charge in [0.1, 0.15) is 5.82 Å². The average molecular weight is 334 g/mol. The Morgan fingerprint density at radius 3 is 2.36 bits per heavy atom. The van der Waals surface area contributed by atoms with Crippen molar-refractivity contribution in [3.8, 4) is 5.82 Å². The van der Waals surface area contributed by atoms with Gasteiger partial charge in [-0.05, 0) is 46.2 Å². The van der Waals surface area contributed by atoms with Gasteiger partial charge in [-0.1, -0.05) is 29.8 Å². The lowest BCUT2D eigenvalue weighted by Crippen LogP contribution is -2.07. The van der Waals surface area contributed by atoms with E-state index in [1.165, 1.54) is 5.56 Å². The van der Waals surface area contributed by atoms with Crippen molar-refractivity contribution in [1.29, 1.82) is 0 Å². The van der Waals surface area contributed by atoms with Crippen molar-refractivity contribution in [1.82, 2.24) is 19.7 Å². The fraction of sp³-hybridized carbons (Fsp3) is 0.263. The van der Waals surface area contributed by atoms with E-state index in [1.54, 1.807) is 0 Å². The zero-order chi connectivity index (χ0) is 18.0. The van der Waals surface area contributed by atoms with Gasteiger partial charge in [0.2, 0.25) is 0 Å². The first-order valence-electron chi connectivity index (χ1n) is 8.19. The molecule has 0 saturated carbocycles. The average Bonchev–Trinajstić information content (AvgIpc) is 2.91. The van der Waals surface area contributed by atoms with Gasteiger partial charge in [0, 0.05) is 11.8 Å². The van der Waals surface area contributed by atoms with Crippen molar-refractivity contribution in [2.24, 2.45) is 5.10 Å². The zero-order valence-corrected chi connectivity index (χ0v) is 15.2. The summed E-state index contributed by atoms with van der Waals surface area (Å²) in [5.74, 6) is 2.03. The fourth-order valence-corrected chi connectivity index (χ4v) is 2.58. The molecule has 0 aliphatic carbocycles. The molecule has 1 N–H and O–H groups in total. The second kappa shape index (κ2) is 6.84. The van der Waals surface area contributed by atoms with Crippen molar-refractivity contribution in [3.05, 3.63) is 64.7 Å². The maximum Gasteiger partial charge on any atom is 0.159 e. The highest BCUT2D eigenvalue weighted by Crippen LogP contribution is 2.14. The molecule has 2 heterocycles. The monoisotopic (exact) mass is 334 g/mol. The predicted octanol–water partition coefficient (Wildman–Crippen LogP) is 3.73. The van der Waals surface area contributed by atoms with Gasteiger partial charge in [-0.3, -0.25) is 5.43 Å². The first kappa shape index (κ1) is 16.8. The summed E-state index contributed by atoms with van der Waals surface area (Å²) >= 11 is 0. The molecule has 2 aromatic heterocycles. The SMILES string of the molecule is C/C(=N/Nc1cc(-n2nc(C)cc2C)nc(C)n1)c1ccc(C)cc1. The number of hydrogen-bond donors (Lipinski definition) is 1. The standard InChI is InChI=1S/C19H22N6/c1-12-6-8-17(9-7-12)15(4)22-23-18-11-19(21-16(5)20-18)25-14(3)10-13(2)24-25/h6-11H,1-5H3,(H,20,21,23)/b22-15-. The highest BCUT2D eigenvalue weighted by molar-refractivity contribution is 5.99. The minimum absolute atomic E-state index is 0.640. The molecule has 0 amide bonds. The summed E-state index contributed by atoms with van der Waals surface area (Å²) in [6.07, 6.45) is 0. The van der Waals surface area contributed by atoms with Crippen LogP contribution in [0.2, 0.25) is 0 Å². The van der Waals surface area contributed by atoms with Gasteiger partial charge >= 0.3 is 0 Å². The molecule has 0 fully saturated rings. The number of anilines is 1. The van der Waals surface area contributed by atoms with Crippen molar-refractivity contribution in [3.63, 3.8) is 0 Å². The second-order valence-corrected chi connectivity index (χ2v) is 6.17. The number of aryl methyl sites for hydroxylation is 4. The number of hydrazone groups is 1. The van der Waals surface area contributed by atoms with E-state index >= 15 is 0 Å². The lowest BCUT2D eigenvalue weighted by molar-refractivity contribution is 0.793. The van der Waals surface area contributed by atoms with Crippen LogP contribution >= 0.6 is 0 Å². The number of nitrogens with zero attached hydrogens (tertiary/aromatic N) is 5. The van der Waals surface area contributed by atoms with Gasteiger partial charge in [0.25, 0.3) is 0 Å². The zero-order valence-electron chi connectivity index (χ0n) is 15.2. The van der Waals surface area contributed by atoms with E-state index in [2.05, 4.69) is 56.8 Å². The van der Waals surface area contributed by atoms with Gasteiger partial charge in [-0.2, -0.15) is 10.2 Å². The molecule has 3 rings (SSSR count). The Hall–Kier alpha value is -3.02. The Kier molecular flexibility index (Phi) is 4.61. The summed E-state index contributed by atoms with van der Waals surface area (Å²) in [6.45, 7) is 9.86. The third-order valence-corrected chi connectivity index (χ3v) is 3.86. The van der Waals surface area contributed by atoms with E-state index in [4.69, 9.17) is 0 Å². The Bertz CT molecular complexity index is 922. The summed E-state index contributed by atoms with van der Waals surface area (Å²) in [4.78, 5) is 8.88. The molecule has 0 spiro atoms. The van der Waals surface area contributed by atoms with Crippen LogP contribution in [-0.2, 0) is 0 Å². The van der Waals surface area contributed by atoms with E-state index in [0.29, 0.717) is 11.6 Å². The van der Waals surface area contributed by atoms with Crippen LogP contribution in [0.3, 0.4) is 0 Å². The van der Waals surface area contributed by atoms with Crippen molar-refractivity contribution in [2.45, 2.75) is 34.6 Å². The van der Waals surface area contributed by atoms with Crippen LogP contribution in [0.1, 0.15) is 35.3 Å². The summed E-state index contributed by atoms with van der Waals surface area (Å²) < 4.78 is 1.81. The normalized spacial score (nSPS) is 11.6. The molecule has 0 unspecified atom stereocenters. The summed E-state index contributed by atoms with van der Waals surface area (Å²) in [5, 5.41) is 8.92. The highest BCUT2D eigenvalue weighted by atomic mass is 15.3. The molecule has 1 aromatic carbocycles. The number of hydrogen-bond acceptors (Lipinski definition) is 5. The molecule has 0 aliphatic rings. The van der Waals surface area contributed by atoms with Crippen molar-refractivity contribution >= 4 is 11.5 Å². The van der Waals surface area contributed by atoms with Crippen LogP contribution in [0.4, 0.5) is 5.82 Å². The molecule has 0 atom stereocenters. The molecular formula is C19H22N6. The van der Waals surface area contributed by atoms with Crippen LogP contribution < -0.4 is 5.43 Å². The molecule has 128 valence electrons. The first-order chi connectivity index (χ1) is 11.9. The Balaban J connectivity index is 1.87. The third-order valence-electron chi connectivity index (χ3n) is 3.86. The summed E-state index contributed by atoms with van der Waals surface area (Å²) in [5.41, 5.74) is 8.21. The Morgan fingerprint density at radius 1 is 1.00 bits per heavy atom. The molecule has 0 saturated heterocycles. The molecule has 3 aromatic rings. The van der Waals surface area contributed by atoms with E-state index in [-0.39, 0.29) is 0 Å². The molecule has 6 nitrogen and oxygen atoms in total. The molecule has 25 heavy (non-hydrogen) atoms. The van der Waals surface area contributed by atoms with E-state index in [1.807, 2.05) is 44.5 Å². The molecule has 6 heteroatoms.